The molecule has 1 aromatic heterocycles. The number of nitrogens with two attached hydrogens (primary N) is 1. The molecule has 0 saturated heterocycles. The molecular weight excluding hydrogens is 423 g/mol. The van der Waals surface area contributed by atoms with Crippen molar-refractivity contribution in [3.8, 4) is 23.2 Å². The summed E-state index contributed by atoms with van der Waals surface area (Å²) in [6, 6.07) is 3.33. The van der Waals surface area contributed by atoms with Crippen LogP contribution in [0, 0.1) is 17.7 Å². The van der Waals surface area contributed by atoms with Crippen LogP contribution >= 0.6 is 0 Å². The van der Waals surface area contributed by atoms with Gasteiger partial charge in [0.15, 0.2) is 0 Å². The number of halogens is 1. The third-order valence-electron chi connectivity index (χ3n) is 7.12. The standard InChI is InChI=1S/C25H27FN4O3/c1-4-29(3)24(32)25(2,33)8-7-14-11-18-17(12-19(14)26)15-9-16(10-15)30-21(13-5-6-13)20(22(27)31)28-23(18)30/h11-13,15-16,33H,4-6,9-10H2,1-3H3,(H2,27,31). The first-order valence-corrected chi connectivity index (χ1v) is 11.4. The Balaban J connectivity index is 1.63. The summed E-state index contributed by atoms with van der Waals surface area (Å²) >= 11 is 0. The summed E-state index contributed by atoms with van der Waals surface area (Å²) in [4.78, 5) is 30.6. The maximum atomic E-state index is 15.0. The molecule has 2 bridgehead atoms. The molecule has 2 amide bonds. The summed E-state index contributed by atoms with van der Waals surface area (Å²) in [5, 5.41) is 10.5. The first-order chi connectivity index (χ1) is 15.6. The van der Waals surface area contributed by atoms with Crippen LogP contribution in [0.3, 0.4) is 0 Å². The Kier molecular flexibility index (Phi) is 4.87. The highest BCUT2D eigenvalue weighted by molar-refractivity contribution is 5.93. The Morgan fingerprint density at radius 2 is 2.03 bits per heavy atom. The van der Waals surface area contributed by atoms with E-state index in [9.17, 15) is 14.7 Å². The Morgan fingerprint density at radius 3 is 2.64 bits per heavy atom. The zero-order valence-corrected chi connectivity index (χ0v) is 19.0. The number of hydrogen-bond donors (Lipinski definition) is 2. The first-order valence-electron chi connectivity index (χ1n) is 11.4. The summed E-state index contributed by atoms with van der Waals surface area (Å²) in [7, 11) is 1.57. The van der Waals surface area contributed by atoms with E-state index in [1.54, 1.807) is 20.0 Å². The van der Waals surface area contributed by atoms with Crippen molar-refractivity contribution in [1.29, 1.82) is 0 Å². The third-order valence-corrected chi connectivity index (χ3v) is 7.12. The summed E-state index contributed by atoms with van der Waals surface area (Å²) in [5.41, 5.74) is 6.58. The maximum absolute atomic E-state index is 15.0. The SMILES string of the molecule is CCN(C)C(=O)C(C)(O)C#Cc1cc2c(cc1F)C1CC(C1)n1c-2nc(C(N)=O)c1C1CC1. The molecule has 2 aromatic rings. The van der Waals surface area contributed by atoms with Gasteiger partial charge in [0, 0.05) is 31.1 Å². The van der Waals surface area contributed by atoms with Gasteiger partial charge in [-0.25, -0.2) is 9.37 Å². The average Bonchev–Trinajstić information content (AvgIpc) is 3.54. The Hall–Kier alpha value is -3.18. The van der Waals surface area contributed by atoms with Crippen LogP contribution < -0.4 is 5.73 Å². The molecule has 33 heavy (non-hydrogen) atoms. The number of rotatable bonds is 4. The topological polar surface area (TPSA) is 101 Å². The molecule has 3 heterocycles. The van der Waals surface area contributed by atoms with E-state index in [2.05, 4.69) is 21.4 Å². The number of aromatic nitrogens is 2. The largest absolute Gasteiger partial charge is 0.370 e. The minimum atomic E-state index is -1.94. The van der Waals surface area contributed by atoms with Crippen molar-refractivity contribution in [3.63, 3.8) is 0 Å². The fourth-order valence-electron chi connectivity index (χ4n) is 4.96. The number of amides is 2. The second-order valence-electron chi connectivity index (χ2n) is 9.56. The first kappa shape index (κ1) is 21.7. The summed E-state index contributed by atoms with van der Waals surface area (Å²) < 4.78 is 17.2. The molecule has 2 fully saturated rings. The molecule has 6 rings (SSSR count). The number of primary amides is 1. The molecule has 1 atom stereocenters. The van der Waals surface area contributed by atoms with Crippen molar-refractivity contribution < 1.29 is 19.1 Å². The number of nitrogens with zero attached hydrogens (tertiary/aromatic N) is 3. The number of hydrogen-bond acceptors (Lipinski definition) is 4. The minimum absolute atomic E-state index is 0.0724. The fourth-order valence-corrected chi connectivity index (χ4v) is 4.96. The number of aliphatic hydroxyl groups is 1. The van der Waals surface area contributed by atoms with Crippen molar-refractivity contribution in [1.82, 2.24) is 14.5 Å². The van der Waals surface area contributed by atoms with E-state index in [1.165, 1.54) is 17.9 Å². The molecule has 172 valence electrons. The molecule has 2 aliphatic heterocycles. The van der Waals surface area contributed by atoms with Crippen molar-refractivity contribution >= 4 is 11.8 Å². The van der Waals surface area contributed by atoms with Gasteiger partial charge in [-0.05, 0) is 63.1 Å². The van der Waals surface area contributed by atoms with Gasteiger partial charge in [0.05, 0.1) is 11.3 Å². The van der Waals surface area contributed by atoms with Crippen molar-refractivity contribution in [3.05, 3.63) is 40.5 Å². The Labute approximate surface area is 191 Å². The average molecular weight is 451 g/mol. The second-order valence-corrected chi connectivity index (χ2v) is 9.56. The second kappa shape index (κ2) is 7.42. The Bertz CT molecular complexity index is 1240. The maximum Gasteiger partial charge on any atom is 0.269 e. The summed E-state index contributed by atoms with van der Waals surface area (Å²) in [6.07, 6.45) is 3.74. The zero-order valence-electron chi connectivity index (χ0n) is 19.0. The van der Waals surface area contributed by atoms with Crippen LogP contribution in [-0.4, -0.2) is 50.6 Å². The van der Waals surface area contributed by atoms with Crippen molar-refractivity contribution in [2.75, 3.05) is 13.6 Å². The predicted molar refractivity (Wildman–Crippen MR) is 120 cm³/mol. The molecule has 1 unspecified atom stereocenters. The third kappa shape index (κ3) is 3.42. The number of benzene rings is 1. The highest BCUT2D eigenvalue weighted by Crippen LogP contribution is 2.55. The molecule has 7 nitrogen and oxygen atoms in total. The van der Waals surface area contributed by atoms with E-state index < -0.39 is 23.2 Å². The molecular formula is C25H27FN4O3. The number of likely N-dealkylation sites (N-methyl/N-ethyl adjacent to an activating group) is 1. The fraction of sp³-hybridized carbons (Fsp3) is 0.480. The molecule has 2 saturated carbocycles. The lowest BCUT2D eigenvalue weighted by Crippen LogP contribution is -2.44. The molecule has 1 aromatic carbocycles. The lowest BCUT2D eigenvalue weighted by atomic mass is 9.75. The van der Waals surface area contributed by atoms with Crippen LogP contribution in [0.5, 0.6) is 0 Å². The van der Waals surface area contributed by atoms with Crippen molar-refractivity contribution in [2.24, 2.45) is 5.73 Å². The highest BCUT2D eigenvalue weighted by atomic mass is 19.1. The smallest absolute Gasteiger partial charge is 0.269 e. The molecule has 8 heteroatoms. The van der Waals surface area contributed by atoms with Crippen LogP contribution in [-0.2, 0) is 4.79 Å². The van der Waals surface area contributed by atoms with Gasteiger partial charge in [-0.1, -0.05) is 11.8 Å². The molecule has 4 aliphatic rings. The number of carbonyl (C=O) groups is 2. The van der Waals surface area contributed by atoms with Crippen LogP contribution in [0.15, 0.2) is 12.1 Å². The predicted octanol–water partition coefficient (Wildman–Crippen LogP) is 2.68. The van der Waals surface area contributed by atoms with Crippen molar-refractivity contribution in [2.45, 2.75) is 63.0 Å². The minimum Gasteiger partial charge on any atom is -0.370 e. The zero-order chi connectivity index (χ0) is 23.7. The van der Waals surface area contributed by atoms with Gasteiger partial charge in [-0.2, -0.15) is 0 Å². The lowest BCUT2D eigenvalue weighted by molar-refractivity contribution is -0.142. The van der Waals surface area contributed by atoms with E-state index in [-0.39, 0.29) is 23.4 Å². The number of imidazole rings is 1. The van der Waals surface area contributed by atoms with Gasteiger partial charge in [0.2, 0.25) is 5.60 Å². The van der Waals surface area contributed by atoms with Crippen LogP contribution in [0.25, 0.3) is 11.4 Å². The van der Waals surface area contributed by atoms with Gasteiger partial charge < -0.3 is 20.3 Å². The van der Waals surface area contributed by atoms with E-state index in [0.717, 1.165) is 42.5 Å². The highest BCUT2D eigenvalue weighted by Gasteiger charge is 2.44. The van der Waals surface area contributed by atoms with Crippen LogP contribution in [0.4, 0.5) is 4.39 Å². The van der Waals surface area contributed by atoms with Gasteiger partial charge in [-0.15, -0.1) is 0 Å². The molecule has 3 N–H and O–H groups in total. The normalized spacial score (nSPS) is 22.0. The Morgan fingerprint density at radius 1 is 1.33 bits per heavy atom. The molecule has 0 radical (unpaired) electrons. The molecule has 2 aliphatic carbocycles. The van der Waals surface area contributed by atoms with Gasteiger partial charge in [-0.3, -0.25) is 9.59 Å². The summed E-state index contributed by atoms with van der Waals surface area (Å²) in [5.74, 6) is 4.73. The van der Waals surface area contributed by atoms with Gasteiger partial charge in [0.25, 0.3) is 11.8 Å². The van der Waals surface area contributed by atoms with Gasteiger partial charge in [0.1, 0.15) is 17.3 Å². The van der Waals surface area contributed by atoms with E-state index in [4.69, 9.17) is 5.73 Å². The van der Waals surface area contributed by atoms with E-state index in [0.29, 0.717) is 18.1 Å². The van der Waals surface area contributed by atoms with E-state index in [1.807, 2.05) is 0 Å². The van der Waals surface area contributed by atoms with E-state index >= 15 is 4.39 Å². The quantitative estimate of drug-likeness (QED) is 0.700. The molecule has 0 spiro atoms. The van der Waals surface area contributed by atoms with Gasteiger partial charge >= 0.3 is 0 Å². The van der Waals surface area contributed by atoms with Crippen LogP contribution in [0.2, 0.25) is 0 Å². The lowest BCUT2D eigenvalue weighted by Gasteiger charge is -2.35. The number of carbonyl (C=O) groups excluding carboxylic acids is 2. The monoisotopic (exact) mass is 450 g/mol. The summed E-state index contributed by atoms with van der Waals surface area (Å²) in [6.45, 7) is 3.51. The van der Waals surface area contributed by atoms with Crippen LogP contribution in [0.1, 0.15) is 84.7 Å².